The van der Waals surface area contributed by atoms with Gasteiger partial charge in [0.2, 0.25) is 0 Å². The molecule has 1 fully saturated rings. The number of carbonyl (C=O) groups excluding carboxylic acids is 2. The second-order valence-electron chi connectivity index (χ2n) is 5.18. The van der Waals surface area contributed by atoms with Crippen LogP contribution in [-0.2, 0) is 16.1 Å². The number of ether oxygens (including phenoxy) is 1. The second kappa shape index (κ2) is 7.16. The van der Waals surface area contributed by atoms with Crippen LogP contribution in [-0.4, -0.2) is 44.5 Å². The molecule has 0 radical (unpaired) electrons. The molecule has 1 aromatic heterocycles. The standard InChI is InChI=1S/C15H15F2N3O3S/c16-14(17)20-11-4-2-1-3-10(11)18-12(20)9-23-13(21)5-6-19-7-8-24-15(19)22/h1-4,14H,5-9H2. The Kier molecular flexibility index (Phi) is 4.98. The number of thioether (sulfide) groups is 1. The summed E-state index contributed by atoms with van der Waals surface area (Å²) in [5.74, 6) is 0.159. The van der Waals surface area contributed by atoms with Gasteiger partial charge < -0.3 is 9.64 Å². The van der Waals surface area contributed by atoms with Crippen molar-refractivity contribution < 1.29 is 23.1 Å². The number of aromatic nitrogens is 2. The van der Waals surface area contributed by atoms with E-state index in [4.69, 9.17) is 4.74 Å². The summed E-state index contributed by atoms with van der Waals surface area (Å²) in [7, 11) is 0. The van der Waals surface area contributed by atoms with E-state index in [1.807, 2.05) is 0 Å². The van der Waals surface area contributed by atoms with Gasteiger partial charge in [0, 0.05) is 18.8 Å². The van der Waals surface area contributed by atoms with Crippen LogP contribution in [0.15, 0.2) is 24.3 Å². The van der Waals surface area contributed by atoms with Gasteiger partial charge in [-0.1, -0.05) is 23.9 Å². The lowest BCUT2D eigenvalue weighted by Gasteiger charge is -2.13. The zero-order valence-electron chi connectivity index (χ0n) is 12.7. The summed E-state index contributed by atoms with van der Waals surface area (Å²) in [5, 5.41) is -0.0534. The third-order valence-electron chi connectivity index (χ3n) is 3.66. The number of imidazole rings is 1. The highest BCUT2D eigenvalue weighted by atomic mass is 32.2. The van der Waals surface area contributed by atoms with E-state index in [9.17, 15) is 18.4 Å². The lowest BCUT2D eigenvalue weighted by atomic mass is 10.3. The van der Waals surface area contributed by atoms with Crippen LogP contribution >= 0.6 is 11.8 Å². The van der Waals surface area contributed by atoms with Crippen LogP contribution in [0.4, 0.5) is 13.6 Å². The number of amides is 1. The average molecular weight is 355 g/mol. The molecule has 0 spiro atoms. The highest BCUT2D eigenvalue weighted by Gasteiger charge is 2.22. The molecule has 2 aromatic rings. The summed E-state index contributed by atoms with van der Waals surface area (Å²) in [6, 6.07) is 6.50. The van der Waals surface area contributed by atoms with Gasteiger partial charge in [-0.25, -0.2) is 4.98 Å². The van der Waals surface area contributed by atoms with Crippen LogP contribution in [0.3, 0.4) is 0 Å². The number of hydrogen-bond acceptors (Lipinski definition) is 5. The molecule has 1 amide bonds. The lowest BCUT2D eigenvalue weighted by molar-refractivity contribution is -0.145. The molecule has 1 aliphatic heterocycles. The molecule has 0 N–H and O–H groups in total. The van der Waals surface area contributed by atoms with E-state index in [1.54, 1.807) is 23.1 Å². The Balaban J connectivity index is 1.61. The number of rotatable bonds is 6. The molecule has 3 rings (SSSR count). The van der Waals surface area contributed by atoms with Gasteiger partial charge in [0.1, 0.15) is 6.61 Å². The summed E-state index contributed by atoms with van der Waals surface area (Å²) in [4.78, 5) is 28.9. The zero-order valence-corrected chi connectivity index (χ0v) is 13.5. The number of esters is 1. The Hall–Kier alpha value is -2.16. The van der Waals surface area contributed by atoms with E-state index in [2.05, 4.69) is 4.98 Å². The number of benzene rings is 1. The number of carbonyl (C=O) groups is 2. The molecule has 24 heavy (non-hydrogen) atoms. The van der Waals surface area contributed by atoms with Gasteiger partial charge in [0.25, 0.3) is 5.24 Å². The first-order chi connectivity index (χ1) is 11.6. The van der Waals surface area contributed by atoms with Gasteiger partial charge in [0.15, 0.2) is 5.82 Å². The van der Waals surface area contributed by atoms with Crippen molar-refractivity contribution in [3.63, 3.8) is 0 Å². The predicted octanol–water partition coefficient (Wildman–Crippen LogP) is 3.03. The van der Waals surface area contributed by atoms with Gasteiger partial charge >= 0.3 is 12.5 Å². The molecule has 0 bridgehead atoms. The molecule has 0 unspecified atom stereocenters. The van der Waals surface area contributed by atoms with Gasteiger partial charge in [-0.15, -0.1) is 0 Å². The smallest absolute Gasteiger partial charge is 0.320 e. The molecule has 1 saturated heterocycles. The van der Waals surface area contributed by atoms with Crippen molar-refractivity contribution in [3.05, 3.63) is 30.1 Å². The monoisotopic (exact) mass is 355 g/mol. The third-order valence-corrected chi connectivity index (χ3v) is 4.55. The van der Waals surface area contributed by atoms with E-state index in [0.29, 0.717) is 23.3 Å². The topological polar surface area (TPSA) is 64.4 Å². The van der Waals surface area contributed by atoms with E-state index in [-0.39, 0.29) is 30.6 Å². The maximum absolute atomic E-state index is 13.2. The van der Waals surface area contributed by atoms with E-state index in [1.165, 1.54) is 17.8 Å². The molecule has 0 saturated carbocycles. The van der Waals surface area contributed by atoms with Gasteiger partial charge in [-0.05, 0) is 12.1 Å². The highest BCUT2D eigenvalue weighted by molar-refractivity contribution is 8.13. The second-order valence-corrected chi connectivity index (χ2v) is 6.22. The zero-order chi connectivity index (χ0) is 17.1. The van der Waals surface area contributed by atoms with E-state index in [0.717, 1.165) is 4.57 Å². The summed E-state index contributed by atoms with van der Waals surface area (Å²) < 4.78 is 32.3. The molecular weight excluding hydrogens is 340 g/mol. The number of alkyl halides is 2. The lowest BCUT2D eigenvalue weighted by Crippen LogP contribution is -2.26. The third kappa shape index (κ3) is 3.50. The number of para-hydroxylation sites is 2. The summed E-state index contributed by atoms with van der Waals surface area (Å²) >= 11 is 1.21. The fraction of sp³-hybridized carbons (Fsp3) is 0.400. The minimum absolute atomic E-state index is 0.00708. The Labute approximate surface area is 140 Å². The van der Waals surface area contributed by atoms with Gasteiger partial charge in [-0.2, -0.15) is 8.78 Å². The largest absolute Gasteiger partial charge is 0.457 e. The summed E-state index contributed by atoms with van der Waals surface area (Å²) in [6.07, 6.45) is 0.0290. The molecule has 2 heterocycles. The van der Waals surface area contributed by atoms with Crippen LogP contribution < -0.4 is 0 Å². The Morgan fingerprint density at radius 2 is 2.17 bits per heavy atom. The Morgan fingerprint density at radius 3 is 2.88 bits per heavy atom. The maximum Gasteiger partial charge on any atom is 0.320 e. The fourth-order valence-corrected chi connectivity index (χ4v) is 3.34. The predicted molar refractivity (Wildman–Crippen MR) is 84.8 cm³/mol. The molecule has 1 aromatic carbocycles. The fourth-order valence-electron chi connectivity index (χ4n) is 2.49. The molecule has 0 aliphatic carbocycles. The van der Waals surface area contributed by atoms with Crippen LogP contribution in [0.2, 0.25) is 0 Å². The molecular formula is C15H15F2N3O3S. The average Bonchev–Trinajstić information content (AvgIpc) is 3.13. The number of fused-ring (bicyclic) bond motifs is 1. The Morgan fingerprint density at radius 1 is 1.38 bits per heavy atom. The van der Waals surface area contributed by atoms with E-state index < -0.39 is 12.5 Å². The molecule has 1 aliphatic rings. The SMILES string of the molecule is O=C(CCN1CCSC1=O)OCc1nc2ccccc2n1C(F)F. The molecule has 128 valence electrons. The van der Waals surface area contributed by atoms with Crippen LogP contribution in [0, 0.1) is 0 Å². The van der Waals surface area contributed by atoms with Crippen molar-refractivity contribution in [3.8, 4) is 0 Å². The first-order valence-electron chi connectivity index (χ1n) is 7.37. The first-order valence-corrected chi connectivity index (χ1v) is 8.36. The normalized spacial score (nSPS) is 14.8. The number of hydrogen-bond donors (Lipinski definition) is 0. The summed E-state index contributed by atoms with van der Waals surface area (Å²) in [6.45, 7) is -2.22. The van der Waals surface area contributed by atoms with Gasteiger partial charge in [-0.3, -0.25) is 14.2 Å². The maximum atomic E-state index is 13.2. The van der Waals surface area contributed by atoms with Crippen molar-refractivity contribution in [2.75, 3.05) is 18.8 Å². The van der Waals surface area contributed by atoms with Gasteiger partial charge in [0.05, 0.1) is 17.5 Å². The van der Waals surface area contributed by atoms with E-state index >= 15 is 0 Å². The number of halogens is 2. The molecule has 0 atom stereocenters. The molecule has 6 nitrogen and oxygen atoms in total. The van der Waals surface area contributed by atoms with Crippen molar-refractivity contribution >= 4 is 34.0 Å². The number of nitrogens with zero attached hydrogens (tertiary/aromatic N) is 3. The Bertz CT molecular complexity index is 766. The minimum atomic E-state index is -2.77. The quantitative estimate of drug-likeness (QED) is 0.745. The van der Waals surface area contributed by atoms with Crippen LogP contribution in [0.25, 0.3) is 11.0 Å². The van der Waals surface area contributed by atoms with Crippen molar-refractivity contribution in [2.24, 2.45) is 0 Å². The van der Waals surface area contributed by atoms with Crippen LogP contribution in [0.1, 0.15) is 18.8 Å². The van der Waals surface area contributed by atoms with Crippen molar-refractivity contribution in [2.45, 2.75) is 19.6 Å². The minimum Gasteiger partial charge on any atom is -0.457 e. The van der Waals surface area contributed by atoms with Crippen molar-refractivity contribution in [1.29, 1.82) is 0 Å². The first kappa shape index (κ1) is 16.7. The molecule has 9 heteroatoms. The highest BCUT2D eigenvalue weighted by Crippen LogP contribution is 2.23. The van der Waals surface area contributed by atoms with Crippen molar-refractivity contribution in [1.82, 2.24) is 14.5 Å². The van der Waals surface area contributed by atoms with Crippen LogP contribution in [0.5, 0.6) is 0 Å². The summed E-state index contributed by atoms with van der Waals surface area (Å²) in [5.41, 5.74) is 0.710.